The molecule has 0 unspecified atom stereocenters. The highest BCUT2D eigenvalue weighted by Gasteiger charge is 2.16. The predicted octanol–water partition coefficient (Wildman–Crippen LogP) is 3.07. The molecule has 0 saturated heterocycles. The SMILES string of the molecule is CC(C)c1cc(=O)c2c(F)cc(F)c(F)c2[nH]1. The van der Waals surface area contributed by atoms with Crippen LogP contribution in [0.5, 0.6) is 0 Å². The Balaban J connectivity index is 2.97. The highest BCUT2D eigenvalue weighted by molar-refractivity contribution is 5.80. The van der Waals surface area contributed by atoms with E-state index in [4.69, 9.17) is 0 Å². The highest BCUT2D eigenvalue weighted by Crippen LogP contribution is 2.21. The summed E-state index contributed by atoms with van der Waals surface area (Å²) in [6.45, 7) is 3.56. The Labute approximate surface area is 95.1 Å². The normalized spacial score (nSPS) is 11.4. The lowest BCUT2D eigenvalue weighted by atomic mass is 10.1. The summed E-state index contributed by atoms with van der Waals surface area (Å²) in [7, 11) is 0. The zero-order chi connectivity index (χ0) is 12.7. The van der Waals surface area contributed by atoms with Crippen molar-refractivity contribution in [2.45, 2.75) is 19.8 Å². The second-order valence-electron chi connectivity index (χ2n) is 4.15. The van der Waals surface area contributed by atoms with Crippen LogP contribution in [0, 0.1) is 17.5 Å². The second-order valence-corrected chi connectivity index (χ2v) is 4.15. The minimum atomic E-state index is -1.31. The monoisotopic (exact) mass is 241 g/mol. The van der Waals surface area contributed by atoms with Gasteiger partial charge in [-0.25, -0.2) is 13.2 Å². The quantitative estimate of drug-likeness (QED) is 0.765. The molecule has 1 aromatic carbocycles. The van der Waals surface area contributed by atoms with Gasteiger partial charge in [0.1, 0.15) is 5.82 Å². The van der Waals surface area contributed by atoms with Gasteiger partial charge in [0.15, 0.2) is 17.1 Å². The summed E-state index contributed by atoms with van der Waals surface area (Å²) in [4.78, 5) is 14.2. The number of halogens is 3. The third kappa shape index (κ3) is 1.81. The Morgan fingerprint density at radius 3 is 2.35 bits per heavy atom. The van der Waals surface area contributed by atoms with E-state index in [0.29, 0.717) is 11.8 Å². The van der Waals surface area contributed by atoms with E-state index in [0.717, 1.165) is 0 Å². The van der Waals surface area contributed by atoms with E-state index in [1.54, 1.807) is 13.8 Å². The smallest absolute Gasteiger partial charge is 0.192 e. The van der Waals surface area contributed by atoms with Crippen LogP contribution in [-0.2, 0) is 0 Å². The predicted molar refractivity (Wildman–Crippen MR) is 58.5 cm³/mol. The van der Waals surface area contributed by atoms with E-state index in [-0.39, 0.29) is 5.92 Å². The van der Waals surface area contributed by atoms with Gasteiger partial charge in [0, 0.05) is 17.8 Å². The van der Waals surface area contributed by atoms with E-state index in [1.807, 2.05) is 0 Å². The molecule has 90 valence electrons. The molecule has 0 bridgehead atoms. The molecule has 0 aliphatic rings. The van der Waals surface area contributed by atoms with Crippen LogP contribution in [0.4, 0.5) is 13.2 Å². The molecule has 1 heterocycles. The van der Waals surface area contributed by atoms with Crippen molar-refractivity contribution in [3.63, 3.8) is 0 Å². The summed E-state index contributed by atoms with van der Waals surface area (Å²) < 4.78 is 39.9. The molecule has 1 aromatic heterocycles. The molecule has 0 fully saturated rings. The Bertz CT molecular complexity index is 646. The lowest BCUT2D eigenvalue weighted by Crippen LogP contribution is -2.10. The van der Waals surface area contributed by atoms with Crippen LogP contribution in [0.3, 0.4) is 0 Å². The number of aromatic amines is 1. The molecular formula is C12H10F3NO. The number of aromatic nitrogens is 1. The number of benzene rings is 1. The zero-order valence-corrected chi connectivity index (χ0v) is 9.27. The van der Waals surface area contributed by atoms with Crippen LogP contribution in [-0.4, -0.2) is 4.98 Å². The number of hydrogen-bond donors (Lipinski definition) is 1. The summed E-state index contributed by atoms with van der Waals surface area (Å²) in [6.07, 6.45) is 0. The first kappa shape index (κ1) is 11.7. The van der Waals surface area contributed by atoms with Gasteiger partial charge in [-0.15, -0.1) is 0 Å². The van der Waals surface area contributed by atoms with Gasteiger partial charge in [-0.2, -0.15) is 0 Å². The fourth-order valence-electron chi connectivity index (χ4n) is 1.66. The van der Waals surface area contributed by atoms with Gasteiger partial charge >= 0.3 is 0 Å². The summed E-state index contributed by atoms with van der Waals surface area (Å²) in [5, 5.41) is -0.451. The van der Waals surface area contributed by atoms with Crippen LogP contribution in [0.15, 0.2) is 16.9 Å². The lowest BCUT2D eigenvalue weighted by molar-refractivity contribution is 0.503. The second kappa shape index (κ2) is 3.91. The number of rotatable bonds is 1. The minimum absolute atomic E-state index is 0.0715. The van der Waals surface area contributed by atoms with Gasteiger partial charge < -0.3 is 4.98 Å². The Morgan fingerprint density at radius 2 is 1.76 bits per heavy atom. The summed E-state index contributed by atoms with van der Waals surface area (Å²) in [6, 6.07) is 1.58. The largest absolute Gasteiger partial charge is 0.355 e. The van der Waals surface area contributed by atoms with Gasteiger partial charge in [0.2, 0.25) is 0 Å². The van der Waals surface area contributed by atoms with Crippen molar-refractivity contribution in [2.75, 3.05) is 0 Å². The zero-order valence-electron chi connectivity index (χ0n) is 9.27. The van der Waals surface area contributed by atoms with Crippen molar-refractivity contribution < 1.29 is 13.2 Å². The number of fused-ring (bicyclic) bond motifs is 1. The maximum atomic E-state index is 13.5. The molecule has 0 atom stereocenters. The van der Waals surface area contributed by atoms with Gasteiger partial charge in [-0.3, -0.25) is 4.79 Å². The Morgan fingerprint density at radius 1 is 1.12 bits per heavy atom. The first-order chi connectivity index (χ1) is 7.91. The lowest BCUT2D eigenvalue weighted by Gasteiger charge is -2.08. The molecule has 0 aliphatic carbocycles. The number of H-pyrrole nitrogens is 1. The van der Waals surface area contributed by atoms with Crippen LogP contribution in [0.1, 0.15) is 25.5 Å². The average Bonchev–Trinajstić information content (AvgIpc) is 2.24. The maximum Gasteiger partial charge on any atom is 0.192 e. The molecular weight excluding hydrogens is 231 g/mol. The van der Waals surface area contributed by atoms with E-state index in [9.17, 15) is 18.0 Å². The van der Waals surface area contributed by atoms with Crippen molar-refractivity contribution in [3.8, 4) is 0 Å². The van der Waals surface area contributed by atoms with Gasteiger partial charge in [-0.05, 0) is 5.92 Å². The minimum Gasteiger partial charge on any atom is -0.355 e. The maximum absolute atomic E-state index is 13.5. The first-order valence-electron chi connectivity index (χ1n) is 5.12. The van der Waals surface area contributed by atoms with Gasteiger partial charge in [0.25, 0.3) is 0 Å². The number of nitrogens with one attached hydrogen (secondary N) is 1. The first-order valence-corrected chi connectivity index (χ1v) is 5.12. The molecule has 0 saturated carbocycles. The van der Waals surface area contributed by atoms with Gasteiger partial charge in [0.05, 0.1) is 10.9 Å². The molecule has 0 spiro atoms. The topological polar surface area (TPSA) is 32.9 Å². The summed E-state index contributed by atoms with van der Waals surface area (Å²) in [5.41, 5.74) is -0.635. The summed E-state index contributed by atoms with van der Waals surface area (Å²) in [5.74, 6) is -3.68. The van der Waals surface area contributed by atoms with E-state index in [2.05, 4.69) is 4.98 Å². The van der Waals surface area contributed by atoms with Crippen LogP contribution < -0.4 is 5.43 Å². The molecule has 0 radical (unpaired) electrons. The van der Waals surface area contributed by atoms with Crippen molar-refractivity contribution in [1.82, 2.24) is 4.98 Å². The fraction of sp³-hybridized carbons (Fsp3) is 0.250. The number of pyridine rings is 1. The van der Waals surface area contributed by atoms with E-state index < -0.39 is 33.8 Å². The van der Waals surface area contributed by atoms with E-state index >= 15 is 0 Å². The molecule has 2 rings (SSSR count). The Hall–Kier alpha value is -1.78. The molecule has 17 heavy (non-hydrogen) atoms. The molecule has 0 amide bonds. The van der Waals surface area contributed by atoms with Gasteiger partial charge in [-0.1, -0.05) is 13.8 Å². The van der Waals surface area contributed by atoms with Crippen LogP contribution in [0.25, 0.3) is 10.9 Å². The van der Waals surface area contributed by atoms with Crippen molar-refractivity contribution in [2.24, 2.45) is 0 Å². The molecule has 2 aromatic rings. The average molecular weight is 241 g/mol. The Kier molecular flexibility index (Phi) is 2.69. The van der Waals surface area contributed by atoms with Crippen LogP contribution in [0.2, 0.25) is 0 Å². The molecule has 2 nitrogen and oxygen atoms in total. The summed E-state index contributed by atoms with van der Waals surface area (Å²) >= 11 is 0. The molecule has 0 aliphatic heterocycles. The van der Waals surface area contributed by atoms with Crippen molar-refractivity contribution in [3.05, 3.63) is 45.5 Å². The number of hydrogen-bond acceptors (Lipinski definition) is 1. The molecule has 1 N–H and O–H groups in total. The third-order valence-electron chi connectivity index (χ3n) is 2.60. The van der Waals surface area contributed by atoms with E-state index in [1.165, 1.54) is 6.07 Å². The van der Waals surface area contributed by atoms with Crippen molar-refractivity contribution in [1.29, 1.82) is 0 Å². The molecule has 5 heteroatoms. The fourth-order valence-corrected chi connectivity index (χ4v) is 1.66. The van der Waals surface area contributed by atoms with Crippen LogP contribution >= 0.6 is 0 Å². The standard InChI is InChI=1S/C12H10F3NO/c1-5(2)8-4-9(17)10-6(13)3-7(14)11(15)12(10)16-8/h3-5H,1-2H3,(H,16,17). The third-order valence-corrected chi connectivity index (χ3v) is 2.60. The highest BCUT2D eigenvalue weighted by atomic mass is 19.2. The van der Waals surface area contributed by atoms with Crippen molar-refractivity contribution >= 4 is 10.9 Å².